The number of nitrogens with zero attached hydrogens (tertiary/aromatic N) is 3. The predicted octanol–water partition coefficient (Wildman–Crippen LogP) is 7.18. The number of carboxylic acids is 1. The van der Waals surface area contributed by atoms with Gasteiger partial charge in [-0.25, -0.2) is 9.67 Å². The van der Waals surface area contributed by atoms with E-state index >= 15 is 0 Å². The number of allylic oxidation sites excluding steroid dienone is 1. The highest BCUT2D eigenvalue weighted by molar-refractivity contribution is 5.90. The molecule has 292 valence electrons. The Hall–Kier alpha value is -2.30. The lowest BCUT2D eigenvalue weighted by Gasteiger charge is -2.71. The van der Waals surface area contributed by atoms with E-state index in [0.29, 0.717) is 43.4 Å². The molecule has 1 aromatic heterocycles. The molecule has 4 aliphatic carbocycles. The number of hydrogen-bond donors (Lipinski definition) is 3. The van der Waals surface area contributed by atoms with Gasteiger partial charge in [-0.05, 0) is 97.8 Å². The molecule has 1 aromatic rings. The SMILES string of the molecule is CNC(=O)c1ncnn1[C@@H]1C[C@@]23COC[C@@](C)([C@@H]2CC[C@H]2C3=CC[C@@]3(C)[C@H](C(=O)O)[C@@](C)([C@H](C)C(C)C)CC[C@]23C)[C@H]1OC[C@](C)(NC)C(C)(C)C. The molecule has 2 heterocycles. The molecule has 52 heavy (non-hydrogen) atoms. The molecule has 0 unspecified atom stereocenters. The minimum atomic E-state index is -0.643. The Morgan fingerprint density at radius 3 is 2.35 bits per heavy atom. The van der Waals surface area contributed by atoms with Crippen molar-refractivity contribution in [1.82, 2.24) is 25.4 Å². The monoisotopic (exact) mass is 724 g/mol. The molecule has 1 amide bonds. The van der Waals surface area contributed by atoms with E-state index in [9.17, 15) is 14.7 Å². The van der Waals surface area contributed by atoms with Crippen LogP contribution >= 0.6 is 0 Å². The first kappa shape index (κ1) is 39.4. The largest absolute Gasteiger partial charge is 0.481 e. The van der Waals surface area contributed by atoms with Gasteiger partial charge in [-0.2, -0.15) is 5.10 Å². The number of carboxylic acid groups (broad SMARTS) is 1. The fourth-order valence-electron chi connectivity index (χ4n) is 12.8. The predicted molar refractivity (Wildman–Crippen MR) is 203 cm³/mol. The summed E-state index contributed by atoms with van der Waals surface area (Å²) in [7, 11) is 3.64. The van der Waals surface area contributed by atoms with Gasteiger partial charge in [-0.1, -0.05) is 80.9 Å². The van der Waals surface area contributed by atoms with E-state index in [4.69, 9.17) is 14.6 Å². The molecule has 0 aromatic carbocycles. The normalized spacial score (nSPS) is 41.9. The van der Waals surface area contributed by atoms with Crippen molar-refractivity contribution in [3.8, 4) is 0 Å². The van der Waals surface area contributed by atoms with Crippen LogP contribution in [0.5, 0.6) is 0 Å². The Morgan fingerprint density at radius 2 is 1.75 bits per heavy atom. The summed E-state index contributed by atoms with van der Waals surface area (Å²) < 4.78 is 15.8. The number of amides is 1. The van der Waals surface area contributed by atoms with Crippen molar-refractivity contribution >= 4 is 11.9 Å². The number of aromatic nitrogens is 3. The lowest BCUT2D eigenvalue weighted by atomic mass is 9.34. The van der Waals surface area contributed by atoms with Gasteiger partial charge in [0.15, 0.2) is 0 Å². The second-order valence-electron chi connectivity index (χ2n) is 20.3. The van der Waals surface area contributed by atoms with Crippen LogP contribution in [0.2, 0.25) is 0 Å². The van der Waals surface area contributed by atoms with Crippen molar-refractivity contribution in [1.29, 1.82) is 0 Å². The minimum Gasteiger partial charge on any atom is -0.481 e. The average Bonchev–Trinajstić information content (AvgIpc) is 3.56. The number of nitrogens with one attached hydrogen (secondary N) is 2. The summed E-state index contributed by atoms with van der Waals surface area (Å²) in [4.78, 5) is 31.3. The maximum absolute atomic E-state index is 13.5. The van der Waals surface area contributed by atoms with Crippen molar-refractivity contribution in [3.63, 3.8) is 0 Å². The molecule has 1 saturated heterocycles. The number of ether oxygens (including phenoxy) is 2. The molecular weight excluding hydrogens is 654 g/mol. The molecule has 2 bridgehead atoms. The van der Waals surface area contributed by atoms with Gasteiger partial charge < -0.3 is 25.2 Å². The van der Waals surface area contributed by atoms with Gasteiger partial charge in [-0.15, -0.1) is 0 Å². The number of likely N-dealkylation sites (N-methyl/N-ethyl adjacent to an activating group) is 1. The summed E-state index contributed by atoms with van der Waals surface area (Å²) in [5, 5.41) is 22.2. The van der Waals surface area contributed by atoms with Gasteiger partial charge in [0.05, 0.1) is 37.9 Å². The van der Waals surface area contributed by atoms with Crippen LogP contribution in [-0.2, 0) is 14.3 Å². The zero-order chi connectivity index (χ0) is 38.4. The summed E-state index contributed by atoms with van der Waals surface area (Å²) in [5.74, 6) is 0.191. The summed E-state index contributed by atoms with van der Waals surface area (Å²) in [6.07, 6.45) is 9.13. The number of aliphatic carboxylic acids is 1. The Kier molecular flexibility index (Phi) is 9.77. The summed E-state index contributed by atoms with van der Waals surface area (Å²) in [6, 6.07) is -0.255. The summed E-state index contributed by atoms with van der Waals surface area (Å²) >= 11 is 0. The minimum absolute atomic E-state index is 0.0793. The van der Waals surface area contributed by atoms with E-state index in [1.54, 1.807) is 7.05 Å². The first-order chi connectivity index (χ1) is 24.1. The molecule has 3 saturated carbocycles. The fraction of sp³-hybridized carbons (Fsp3) is 0.857. The molecular formula is C42H69N5O5. The topological polar surface area (TPSA) is 128 Å². The van der Waals surface area contributed by atoms with Crippen molar-refractivity contribution in [3.05, 3.63) is 23.8 Å². The standard InChI is InChI=1S/C42H69N5O5/c1-25(2)26(3)37(7)18-19-39(9)27-14-15-30-38(8)21-51-23-42(30,28(27)16-17-40(39,10)31(37)35(49)50)20-29(47-33(34(48)43-12)45-24-46-47)32(38)52-22-41(11,44-13)36(4,5)6/h16,24-27,29-32,44H,14-15,17-23H2,1-13H3,(H,43,48)(H,49,50)/t26-,27+,29-,30+,31-,32+,37-,38+,39-,40+,41+,42+/m1/s1. The molecule has 0 spiro atoms. The number of rotatable bonds is 9. The Bertz CT molecular complexity index is 1580. The van der Waals surface area contributed by atoms with E-state index in [1.807, 2.05) is 11.7 Å². The van der Waals surface area contributed by atoms with Crippen molar-refractivity contribution in [2.24, 2.45) is 62.1 Å². The molecule has 10 nitrogen and oxygen atoms in total. The Morgan fingerprint density at radius 1 is 1.06 bits per heavy atom. The van der Waals surface area contributed by atoms with E-state index in [1.165, 1.54) is 11.9 Å². The molecule has 0 radical (unpaired) electrons. The third-order valence-electron chi connectivity index (χ3n) is 17.2. The van der Waals surface area contributed by atoms with Gasteiger partial charge >= 0.3 is 5.97 Å². The van der Waals surface area contributed by atoms with Crippen molar-refractivity contribution in [2.75, 3.05) is 33.9 Å². The van der Waals surface area contributed by atoms with Crippen LogP contribution in [0.3, 0.4) is 0 Å². The van der Waals surface area contributed by atoms with Gasteiger partial charge in [0.25, 0.3) is 5.91 Å². The first-order valence-corrected chi connectivity index (χ1v) is 20.0. The molecule has 12 atom stereocenters. The Labute approximate surface area is 313 Å². The maximum atomic E-state index is 13.5. The van der Waals surface area contributed by atoms with Crippen LogP contribution in [0.1, 0.15) is 131 Å². The molecule has 10 heteroatoms. The molecule has 3 N–H and O–H groups in total. The van der Waals surface area contributed by atoms with E-state index < -0.39 is 17.3 Å². The number of fused-ring (bicyclic) bond motifs is 3. The quantitative estimate of drug-likeness (QED) is 0.229. The third kappa shape index (κ3) is 5.33. The zero-order valence-electron chi connectivity index (χ0n) is 34.5. The first-order valence-electron chi connectivity index (χ1n) is 20.0. The van der Waals surface area contributed by atoms with Crippen LogP contribution in [0.25, 0.3) is 0 Å². The fourth-order valence-corrected chi connectivity index (χ4v) is 12.8. The zero-order valence-corrected chi connectivity index (χ0v) is 34.5. The highest BCUT2D eigenvalue weighted by Crippen LogP contribution is 2.75. The second-order valence-corrected chi connectivity index (χ2v) is 20.3. The highest BCUT2D eigenvalue weighted by atomic mass is 16.5. The van der Waals surface area contributed by atoms with Gasteiger partial charge in [-0.3, -0.25) is 9.59 Å². The van der Waals surface area contributed by atoms with E-state index in [2.05, 4.69) is 97.9 Å². The lowest BCUT2D eigenvalue weighted by Crippen LogP contribution is -2.69. The van der Waals surface area contributed by atoms with Crippen LogP contribution in [-0.4, -0.2) is 77.3 Å². The second kappa shape index (κ2) is 12.9. The average molecular weight is 724 g/mol. The lowest BCUT2D eigenvalue weighted by molar-refractivity contribution is -0.254. The molecule has 4 fully saturated rings. The van der Waals surface area contributed by atoms with E-state index in [0.717, 1.165) is 38.5 Å². The molecule has 6 rings (SSSR count). The third-order valence-corrected chi connectivity index (χ3v) is 17.2. The van der Waals surface area contributed by atoms with Gasteiger partial charge in [0.2, 0.25) is 5.82 Å². The molecule has 1 aliphatic heterocycles. The van der Waals surface area contributed by atoms with Crippen molar-refractivity contribution in [2.45, 2.75) is 132 Å². The number of carbonyl (C=O) groups excluding carboxylic acids is 1. The Balaban J connectivity index is 1.48. The maximum Gasteiger partial charge on any atom is 0.307 e. The summed E-state index contributed by atoms with van der Waals surface area (Å²) in [6.45, 7) is 26.7. The van der Waals surface area contributed by atoms with Crippen LogP contribution < -0.4 is 10.6 Å². The number of carbonyl (C=O) groups is 2. The van der Waals surface area contributed by atoms with Crippen LogP contribution in [0.4, 0.5) is 0 Å². The van der Waals surface area contributed by atoms with Gasteiger partial charge in [0, 0.05) is 23.4 Å². The van der Waals surface area contributed by atoms with Gasteiger partial charge in [0.1, 0.15) is 6.33 Å². The van der Waals surface area contributed by atoms with Crippen molar-refractivity contribution < 1.29 is 24.2 Å². The highest BCUT2D eigenvalue weighted by Gasteiger charge is 2.72. The smallest absolute Gasteiger partial charge is 0.307 e. The number of hydrogen-bond acceptors (Lipinski definition) is 7. The summed E-state index contributed by atoms with van der Waals surface area (Å²) in [5.41, 5.74) is -0.464. The molecule has 5 aliphatic rings. The van der Waals surface area contributed by atoms with Crippen LogP contribution in [0, 0.1) is 62.1 Å². The van der Waals surface area contributed by atoms with Crippen LogP contribution in [0.15, 0.2) is 18.0 Å². The van der Waals surface area contributed by atoms with E-state index in [-0.39, 0.29) is 56.6 Å².